The average Bonchev–Trinajstić information content (AvgIpc) is 2.31. The second-order valence-electron chi connectivity index (χ2n) is 5.03. The molecule has 0 radical (unpaired) electrons. The first-order valence-corrected chi connectivity index (χ1v) is 6.71. The minimum absolute atomic E-state index is 1.23. The lowest BCUT2D eigenvalue weighted by Crippen LogP contribution is -1.91. The van der Waals surface area contributed by atoms with Crippen LogP contribution in [0.15, 0.2) is 30.3 Å². The smallest absolute Gasteiger partial charge is 0.0152 e. The zero-order valence-corrected chi connectivity index (χ0v) is 11.2. The number of hydrogen-bond donors (Lipinski definition) is 0. The minimum Gasteiger partial charge on any atom is -0.0654 e. The van der Waals surface area contributed by atoms with Crippen molar-refractivity contribution in [2.24, 2.45) is 0 Å². The van der Waals surface area contributed by atoms with Gasteiger partial charge in [-0.3, -0.25) is 0 Å². The summed E-state index contributed by atoms with van der Waals surface area (Å²) < 4.78 is 0. The van der Waals surface area contributed by atoms with Crippen molar-refractivity contribution >= 4 is 10.8 Å². The standard InChI is InChI=1S/C17H22/c1-4-5-6-9-15-12-16-10-7-8-13(2)17(16)11-14(15)3/h7-8,10-12H,4-6,9H2,1-3H3. The van der Waals surface area contributed by atoms with Crippen molar-refractivity contribution in [1.82, 2.24) is 0 Å². The maximum Gasteiger partial charge on any atom is -0.0152 e. The number of hydrogen-bond acceptors (Lipinski definition) is 0. The molecule has 0 N–H and O–H groups in total. The molecule has 0 aliphatic heterocycles. The van der Waals surface area contributed by atoms with Gasteiger partial charge in [-0.05, 0) is 54.2 Å². The van der Waals surface area contributed by atoms with E-state index >= 15 is 0 Å². The van der Waals surface area contributed by atoms with E-state index in [9.17, 15) is 0 Å². The number of unbranched alkanes of at least 4 members (excludes halogenated alkanes) is 2. The van der Waals surface area contributed by atoms with Gasteiger partial charge >= 0.3 is 0 Å². The van der Waals surface area contributed by atoms with Crippen molar-refractivity contribution < 1.29 is 0 Å². The van der Waals surface area contributed by atoms with Crippen LogP contribution in [-0.4, -0.2) is 0 Å². The molecule has 0 bridgehead atoms. The lowest BCUT2D eigenvalue weighted by molar-refractivity contribution is 0.716. The molecule has 2 aromatic rings. The van der Waals surface area contributed by atoms with E-state index in [1.54, 1.807) is 0 Å². The zero-order chi connectivity index (χ0) is 12.3. The van der Waals surface area contributed by atoms with Crippen LogP contribution in [-0.2, 0) is 6.42 Å². The SMILES string of the molecule is CCCCCc1cc2cccc(C)c2cc1C. The van der Waals surface area contributed by atoms with E-state index in [4.69, 9.17) is 0 Å². The Labute approximate surface area is 105 Å². The third-order valence-electron chi connectivity index (χ3n) is 3.60. The molecule has 0 aromatic heterocycles. The summed E-state index contributed by atoms with van der Waals surface area (Å²) >= 11 is 0. The van der Waals surface area contributed by atoms with E-state index < -0.39 is 0 Å². The highest BCUT2D eigenvalue weighted by molar-refractivity contribution is 5.87. The number of aryl methyl sites for hydroxylation is 3. The topological polar surface area (TPSA) is 0 Å². The molecular formula is C17H22. The summed E-state index contributed by atoms with van der Waals surface area (Å²) in [5.74, 6) is 0. The van der Waals surface area contributed by atoms with E-state index in [2.05, 4.69) is 51.1 Å². The third kappa shape index (κ3) is 2.69. The highest BCUT2D eigenvalue weighted by Crippen LogP contribution is 2.23. The number of benzene rings is 2. The van der Waals surface area contributed by atoms with Crippen LogP contribution in [0.5, 0.6) is 0 Å². The first-order valence-electron chi connectivity index (χ1n) is 6.71. The first-order chi connectivity index (χ1) is 8.22. The maximum absolute atomic E-state index is 2.38. The first kappa shape index (κ1) is 12.2. The zero-order valence-electron chi connectivity index (χ0n) is 11.2. The second-order valence-corrected chi connectivity index (χ2v) is 5.03. The van der Waals surface area contributed by atoms with Gasteiger partial charge in [0.05, 0.1) is 0 Å². The molecule has 0 unspecified atom stereocenters. The Bertz CT molecular complexity index is 509. The Morgan fingerprint density at radius 3 is 2.53 bits per heavy atom. The third-order valence-corrected chi connectivity index (χ3v) is 3.60. The summed E-state index contributed by atoms with van der Waals surface area (Å²) in [5, 5.41) is 2.80. The molecule has 2 aromatic carbocycles. The maximum atomic E-state index is 2.38. The summed E-state index contributed by atoms with van der Waals surface area (Å²) in [7, 11) is 0. The van der Waals surface area contributed by atoms with Gasteiger partial charge in [-0.25, -0.2) is 0 Å². The summed E-state index contributed by atoms with van der Waals surface area (Å²) in [5.41, 5.74) is 4.35. The van der Waals surface area contributed by atoms with E-state index in [0.29, 0.717) is 0 Å². The van der Waals surface area contributed by atoms with Crippen LogP contribution in [0.3, 0.4) is 0 Å². The fourth-order valence-electron chi connectivity index (χ4n) is 2.47. The Morgan fingerprint density at radius 1 is 0.941 bits per heavy atom. The summed E-state index contributed by atoms with van der Waals surface area (Å²) in [4.78, 5) is 0. The van der Waals surface area contributed by atoms with Crippen molar-refractivity contribution in [1.29, 1.82) is 0 Å². The van der Waals surface area contributed by atoms with Crippen molar-refractivity contribution in [3.8, 4) is 0 Å². The van der Waals surface area contributed by atoms with Crippen LogP contribution in [0.25, 0.3) is 10.8 Å². The number of rotatable bonds is 4. The van der Waals surface area contributed by atoms with Crippen LogP contribution in [0, 0.1) is 13.8 Å². The molecule has 0 saturated carbocycles. The van der Waals surface area contributed by atoms with Crippen molar-refractivity contribution in [3.63, 3.8) is 0 Å². The molecule has 0 aliphatic rings. The van der Waals surface area contributed by atoms with E-state index in [1.807, 2.05) is 0 Å². The Balaban J connectivity index is 2.35. The van der Waals surface area contributed by atoms with Gasteiger partial charge in [-0.2, -0.15) is 0 Å². The Kier molecular flexibility index (Phi) is 3.83. The summed E-state index contributed by atoms with van der Waals surface area (Å²) in [6.07, 6.45) is 5.18. The van der Waals surface area contributed by atoms with E-state index in [-0.39, 0.29) is 0 Å². The lowest BCUT2D eigenvalue weighted by atomic mass is 9.96. The van der Waals surface area contributed by atoms with Gasteiger partial charge in [0.15, 0.2) is 0 Å². The fourth-order valence-corrected chi connectivity index (χ4v) is 2.47. The van der Waals surface area contributed by atoms with Crippen molar-refractivity contribution in [2.45, 2.75) is 46.5 Å². The molecule has 0 fully saturated rings. The second kappa shape index (κ2) is 5.35. The summed E-state index contributed by atoms with van der Waals surface area (Å²) in [6.45, 7) is 6.70. The van der Waals surface area contributed by atoms with Crippen molar-refractivity contribution in [3.05, 3.63) is 47.0 Å². The quantitative estimate of drug-likeness (QED) is 0.629. The van der Waals surface area contributed by atoms with E-state index in [0.717, 1.165) is 0 Å². The molecule has 0 spiro atoms. The predicted molar refractivity (Wildman–Crippen MR) is 76.7 cm³/mol. The largest absolute Gasteiger partial charge is 0.0654 e. The van der Waals surface area contributed by atoms with Crippen LogP contribution >= 0.6 is 0 Å². The molecule has 0 atom stereocenters. The molecule has 0 heteroatoms. The van der Waals surface area contributed by atoms with Crippen LogP contribution in [0.4, 0.5) is 0 Å². The molecule has 0 heterocycles. The molecule has 17 heavy (non-hydrogen) atoms. The fraction of sp³-hybridized carbons (Fsp3) is 0.412. The monoisotopic (exact) mass is 226 g/mol. The van der Waals surface area contributed by atoms with Gasteiger partial charge in [-0.15, -0.1) is 0 Å². The van der Waals surface area contributed by atoms with Gasteiger partial charge in [0.1, 0.15) is 0 Å². The molecular weight excluding hydrogens is 204 g/mol. The Hall–Kier alpha value is -1.30. The normalized spacial score (nSPS) is 11.0. The number of fused-ring (bicyclic) bond motifs is 1. The van der Waals surface area contributed by atoms with Gasteiger partial charge in [0.2, 0.25) is 0 Å². The van der Waals surface area contributed by atoms with Crippen LogP contribution in [0.1, 0.15) is 42.9 Å². The van der Waals surface area contributed by atoms with Crippen LogP contribution < -0.4 is 0 Å². The average molecular weight is 226 g/mol. The van der Waals surface area contributed by atoms with Gasteiger partial charge in [0, 0.05) is 0 Å². The molecule has 0 nitrogen and oxygen atoms in total. The molecule has 0 amide bonds. The lowest BCUT2D eigenvalue weighted by Gasteiger charge is -2.09. The molecule has 0 saturated heterocycles. The van der Waals surface area contributed by atoms with Gasteiger partial charge in [-0.1, -0.05) is 50.1 Å². The summed E-state index contributed by atoms with van der Waals surface area (Å²) in [6, 6.07) is 11.3. The van der Waals surface area contributed by atoms with Gasteiger partial charge in [0.25, 0.3) is 0 Å². The highest BCUT2D eigenvalue weighted by atomic mass is 14.1. The van der Waals surface area contributed by atoms with Crippen LogP contribution in [0.2, 0.25) is 0 Å². The predicted octanol–water partition coefficient (Wildman–Crippen LogP) is 5.19. The van der Waals surface area contributed by atoms with E-state index in [1.165, 1.54) is 53.1 Å². The molecule has 2 rings (SSSR count). The Morgan fingerprint density at radius 2 is 1.76 bits per heavy atom. The molecule has 0 aliphatic carbocycles. The highest BCUT2D eigenvalue weighted by Gasteiger charge is 2.03. The van der Waals surface area contributed by atoms with Gasteiger partial charge < -0.3 is 0 Å². The van der Waals surface area contributed by atoms with Crippen molar-refractivity contribution in [2.75, 3.05) is 0 Å². The molecule has 90 valence electrons. The minimum atomic E-state index is 1.23.